The number of rotatable bonds is 3. The van der Waals surface area contributed by atoms with E-state index in [1.165, 1.54) is 0 Å². The number of piperazine rings is 1. The zero-order valence-corrected chi connectivity index (χ0v) is 11.4. The summed E-state index contributed by atoms with van der Waals surface area (Å²) in [5.41, 5.74) is 1.45. The number of hydrogen-bond donors (Lipinski definition) is 2. The number of methoxy groups -OCH3 is 1. The fourth-order valence-electron chi connectivity index (χ4n) is 2.26. The molecule has 2 N–H and O–H groups in total. The SMILES string of the molecule is CCc1cc(C2(C)CNC(=O)C(=O)N2)ccc1OC. The molecule has 1 fully saturated rings. The summed E-state index contributed by atoms with van der Waals surface area (Å²) in [6.45, 7) is 4.32. The Morgan fingerprint density at radius 2 is 2.05 bits per heavy atom. The van der Waals surface area contributed by atoms with Crippen molar-refractivity contribution < 1.29 is 14.3 Å². The lowest BCUT2D eigenvalue weighted by molar-refractivity contribution is -0.142. The number of carbonyl (C=O) groups excluding carboxylic acids is 2. The molecule has 0 spiro atoms. The minimum absolute atomic E-state index is 0.382. The Morgan fingerprint density at radius 1 is 1.32 bits per heavy atom. The van der Waals surface area contributed by atoms with E-state index in [0.29, 0.717) is 6.54 Å². The quantitative estimate of drug-likeness (QED) is 0.789. The molecule has 19 heavy (non-hydrogen) atoms. The van der Waals surface area contributed by atoms with Crippen LogP contribution in [-0.2, 0) is 21.5 Å². The molecule has 0 saturated carbocycles. The third-order valence-electron chi connectivity index (χ3n) is 3.50. The molecule has 5 nitrogen and oxygen atoms in total. The van der Waals surface area contributed by atoms with E-state index in [4.69, 9.17) is 4.74 Å². The van der Waals surface area contributed by atoms with Crippen LogP contribution in [-0.4, -0.2) is 25.5 Å². The van der Waals surface area contributed by atoms with Crippen LogP contribution in [0.15, 0.2) is 18.2 Å². The predicted molar refractivity (Wildman–Crippen MR) is 70.9 cm³/mol. The summed E-state index contributed by atoms with van der Waals surface area (Å²) >= 11 is 0. The van der Waals surface area contributed by atoms with Gasteiger partial charge in [0, 0.05) is 6.54 Å². The lowest BCUT2D eigenvalue weighted by atomic mass is 9.88. The van der Waals surface area contributed by atoms with E-state index in [-0.39, 0.29) is 0 Å². The average molecular weight is 262 g/mol. The molecule has 1 aromatic carbocycles. The smallest absolute Gasteiger partial charge is 0.310 e. The fourth-order valence-corrected chi connectivity index (χ4v) is 2.26. The number of hydrogen-bond acceptors (Lipinski definition) is 3. The Bertz CT molecular complexity index is 527. The Morgan fingerprint density at radius 3 is 2.63 bits per heavy atom. The first-order valence-corrected chi connectivity index (χ1v) is 6.28. The number of nitrogens with one attached hydrogen (secondary N) is 2. The molecule has 0 bridgehead atoms. The molecule has 1 aliphatic heterocycles. The summed E-state index contributed by atoms with van der Waals surface area (Å²) in [5, 5.41) is 5.36. The lowest BCUT2D eigenvalue weighted by Gasteiger charge is -2.35. The number of aryl methyl sites for hydroxylation is 1. The van der Waals surface area contributed by atoms with E-state index in [1.54, 1.807) is 7.11 Å². The normalized spacial score (nSPS) is 22.7. The van der Waals surface area contributed by atoms with Crippen LogP contribution in [0.2, 0.25) is 0 Å². The van der Waals surface area contributed by atoms with Crippen molar-refractivity contribution in [2.45, 2.75) is 25.8 Å². The zero-order valence-electron chi connectivity index (χ0n) is 11.4. The lowest BCUT2D eigenvalue weighted by Crippen LogP contribution is -2.60. The highest BCUT2D eigenvalue weighted by molar-refractivity contribution is 6.35. The molecule has 102 valence electrons. The molecule has 1 aliphatic rings. The Kier molecular flexibility index (Phi) is 3.46. The van der Waals surface area contributed by atoms with Crippen molar-refractivity contribution in [3.8, 4) is 5.75 Å². The van der Waals surface area contributed by atoms with Gasteiger partial charge in [-0.2, -0.15) is 0 Å². The van der Waals surface area contributed by atoms with Crippen molar-refractivity contribution in [3.05, 3.63) is 29.3 Å². The summed E-state index contributed by atoms with van der Waals surface area (Å²) in [6.07, 6.45) is 0.841. The summed E-state index contributed by atoms with van der Waals surface area (Å²) in [4.78, 5) is 22.7. The second-order valence-electron chi connectivity index (χ2n) is 4.85. The van der Waals surface area contributed by atoms with E-state index in [0.717, 1.165) is 23.3 Å². The first-order valence-electron chi connectivity index (χ1n) is 6.28. The summed E-state index contributed by atoms with van der Waals surface area (Å²) < 4.78 is 5.29. The third kappa shape index (κ3) is 2.41. The summed E-state index contributed by atoms with van der Waals surface area (Å²) in [7, 11) is 1.64. The molecule has 0 radical (unpaired) electrons. The Hall–Kier alpha value is -2.04. The summed E-state index contributed by atoms with van der Waals surface area (Å²) in [6, 6.07) is 5.81. The molecule has 1 saturated heterocycles. The maximum Gasteiger partial charge on any atom is 0.310 e. The first-order chi connectivity index (χ1) is 9.00. The van der Waals surface area contributed by atoms with Crippen LogP contribution in [0.1, 0.15) is 25.0 Å². The number of benzene rings is 1. The first kappa shape index (κ1) is 13.4. The largest absolute Gasteiger partial charge is 0.496 e. The van der Waals surface area contributed by atoms with Gasteiger partial charge < -0.3 is 15.4 Å². The van der Waals surface area contributed by atoms with E-state index < -0.39 is 17.4 Å². The van der Waals surface area contributed by atoms with Crippen LogP contribution in [0.4, 0.5) is 0 Å². The maximum absolute atomic E-state index is 11.5. The molecule has 2 amide bonds. The van der Waals surface area contributed by atoms with Crippen molar-refractivity contribution in [1.82, 2.24) is 10.6 Å². The topological polar surface area (TPSA) is 67.4 Å². The minimum atomic E-state index is -0.595. The van der Waals surface area contributed by atoms with Gasteiger partial charge in [-0.05, 0) is 36.6 Å². The maximum atomic E-state index is 11.5. The molecule has 2 rings (SSSR count). The van der Waals surface area contributed by atoms with Crippen LogP contribution in [0.25, 0.3) is 0 Å². The van der Waals surface area contributed by atoms with Crippen LogP contribution < -0.4 is 15.4 Å². The molecule has 0 aliphatic carbocycles. The van der Waals surface area contributed by atoms with Crippen LogP contribution in [0.3, 0.4) is 0 Å². The second kappa shape index (κ2) is 4.91. The standard InChI is InChI=1S/C14H18N2O3/c1-4-9-7-10(5-6-11(9)19-3)14(2)8-15-12(17)13(18)16-14/h5-7H,4,8H2,1-3H3,(H,15,17)(H,16,18). The molecule has 0 aromatic heterocycles. The van der Waals surface area contributed by atoms with Gasteiger partial charge in [0.05, 0.1) is 12.6 Å². The van der Waals surface area contributed by atoms with Crippen molar-refractivity contribution in [1.29, 1.82) is 0 Å². The van der Waals surface area contributed by atoms with Crippen LogP contribution >= 0.6 is 0 Å². The molecule has 1 unspecified atom stereocenters. The predicted octanol–water partition coefficient (Wildman–Crippen LogP) is 0.719. The fraction of sp³-hybridized carbons (Fsp3) is 0.429. The van der Waals surface area contributed by atoms with Gasteiger partial charge in [0.1, 0.15) is 5.75 Å². The average Bonchev–Trinajstić information content (AvgIpc) is 2.42. The van der Waals surface area contributed by atoms with Crippen molar-refractivity contribution in [2.75, 3.05) is 13.7 Å². The highest BCUT2D eigenvalue weighted by atomic mass is 16.5. The highest BCUT2D eigenvalue weighted by Gasteiger charge is 2.36. The molecule has 1 atom stereocenters. The second-order valence-corrected chi connectivity index (χ2v) is 4.85. The monoisotopic (exact) mass is 262 g/mol. The molecule has 5 heteroatoms. The van der Waals surface area contributed by atoms with E-state index >= 15 is 0 Å². The molecular formula is C14H18N2O3. The van der Waals surface area contributed by atoms with Crippen molar-refractivity contribution >= 4 is 11.8 Å². The van der Waals surface area contributed by atoms with Crippen LogP contribution in [0, 0.1) is 0 Å². The number of carbonyl (C=O) groups is 2. The molecular weight excluding hydrogens is 244 g/mol. The van der Waals surface area contributed by atoms with Gasteiger partial charge in [0.25, 0.3) is 0 Å². The van der Waals surface area contributed by atoms with Crippen molar-refractivity contribution in [2.24, 2.45) is 0 Å². The third-order valence-corrected chi connectivity index (χ3v) is 3.50. The van der Waals surface area contributed by atoms with Gasteiger partial charge in [-0.25, -0.2) is 0 Å². The van der Waals surface area contributed by atoms with E-state index in [2.05, 4.69) is 10.6 Å². The van der Waals surface area contributed by atoms with E-state index in [9.17, 15) is 9.59 Å². The van der Waals surface area contributed by atoms with Crippen molar-refractivity contribution in [3.63, 3.8) is 0 Å². The molecule has 1 aromatic rings. The van der Waals surface area contributed by atoms with Crippen LogP contribution in [0.5, 0.6) is 5.75 Å². The zero-order chi connectivity index (χ0) is 14.0. The molecule has 1 heterocycles. The Balaban J connectivity index is 2.35. The van der Waals surface area contributed by atoms with Gasteiger partial charge in [0.2, 0.25) is 0 Å². The summed E-state index contributed by atoms with van der Waals surface area (Å²) in [5.74, 6) is -0.342. The number of ether oxygens (including phenoxy) is 1. The van der Waals surface area contributed by atoms with Gasteiger partial charge >= 0.3 is 11.8 Å². The van der Waals surface area contributed by atoms with Gasteiger partial charge in [-0.3, -0.25) is 9.59 Å². The Labute approximate surface area is 112 Å². The highest BCUT2D eigenvalue weighted by Crippen LogP contribution is 2.28. The number of amides is 2. The van der Waals surface area contributed by atoms with E-state index in [1.807, 2.05) is 32.0 Å². The van der Waals surface area contributed by atoms with Gasteiger partial charge in [-0.15, -0.1) is 0 Å². The minimum Gasteiger partial charge on any atom is -0.496 e. The van der Waals surface area contributed by atoms with Gasteiger partial charge in [0.15, 0.2) is 0 Å². The van der Waals surface area contributed by atoms with Gasteiger partial charge in [-0.1, -0.05) is 13.0 Å².